The number of hydrogen-bond acceptors (Lipinski definition) is 8. The van der Waals surface area contributed by atoms with E-state index in [9.17, 15) is 24.3 Å². The van der Waals surface area contributed by atoms with Gasteiger partial charge in [0, 0.05) is 39.6 Å². The second kappa shape index (κ2) is 22.9. The molecule has 0 aliphatic carbocycles. The van der Waals surface area contributed by atoms with E-state index < -0.39 is 12.1 Å². The zero-order chi connectivity index (χ0) is 28.6. The van der Waals surface area contributed by atoms with Crippen LogP contribution in [-0.4, -0.2) is 94.7 Å². The van der Waals surface area contributed by atoms with Crippen molar-refractivity contribution in [2.75, 3.05) is 59.8 Å². The van der Waals surface area contributed by atoms with Crippen LogP contribution in [0.3, 0.4) is 0 Å². The Kier molecular flexibility index (Phi) is 19.9. The number of amides is 3. The monoisotopic (exact) mass is 553 g/mol. The van der Waals surface area contributed by atoms with Gasteiger partial charge in [-0.3, -0.25) is 14.4 Å². The molecule has 0 heterocycles. The van der Waals surface area contributed by atoms with Gasteiger partial charge in [-0.2, -0.15) is 0 Å². The number of carboxylic acids is 1. The normalized spacial score (nSPS) is 11.5. The SMILES string of the molecule is COCCOCCOCCNC(=O)CCC(=O)NCCCCCNC(=O)CC(OCc1ccccc1)C(=O)O. The number of carboxylic acid groups (broad SMARTS) is 1. The van der Waals surface area contributed by atoms with Crippen molar-refractivity contribution in [3.63, 3.8) is 0 Å². The predicted molar refractivity (Wildman–Crippen MR) is 143 cm³/mol. The minimum Gasteiger partial charge on any atom is -0.479 e. The summed E-state index contributed by atoms with van der Waals surface area (Å²) < 4.78 is 20.8. The van der Waals surface area contributed by atoms with Gasteiger partial charge in [-0.05, 0) is 24.8 Å². The molecule has 1 aromatic carbocycles. The van der Waals surface area contributed by atoms with E-state index >= 15 is 0 Å². The summed E-state index contributed by atoms with van der Waals surface area (Å²) in [7, 11) is 1.60. The Morgan fingerprint density at radius 3 is 1.92 bits per heavy atom. The maximum absolute atomic E-state index is 12.1. The van der Waals surface area contributed by atoms with Gasteiger partial charge >= 0.3 is 5.97 Å². The van der Waals surface area contributed by atoms with Crippen LogP contribution in [0.2, 0.25) is 0 Å². The third-order valence-electron chi connectivity index (χ3n) is 5.39. The minimum absolute atomic E-state index is 0.102. The molecule has 1 aromatic rings. The summed E-state index contributed by atoms with van der Waals surface area (Å²) in [5.41, 5.74) is 0.831. The van der Waals surface area contributed by atoms with E-state index in [0.29, 0.717) is 59.1 Å². The van der Waals surface area contributed by atoms with E-state index in [1.165, 1.54) is 0 Å². The molecule has 0 aromatic heterocycles. The Labute approximate surface area is 230 Å². The summed E-state index contributed by atoms with van der Waals surface area (Å²) in [5.74, 6) is -1.98. The predicted octanol–water partition coefficient (Wildman–Crippen LogP) is 1.03. The fourth-order valence-electron chi connectivity index (χ4n) is 3.24. The molecule has 3 amide bonds. The molecule has 0 aliphatic heterocycles. The maximum Gasteiger partial charge on any atom is 0.333 e. The van der Waals surface area contributed by atoms with Gasteiger partial charge in [-0.15, -0.1) is 0 Å². The van der Waals surface area contributed by atoms with Crippen molar-refractivity contribution in [1.29, 1.82) is 0 Å². The molecule has 0 radical (unpaired) electrons. The molecule has 1 unspecified atom stereocenters. The average molecular weight is 554 g/mol. The first-order valence-electron chi connectivity index (χ1n) is 13.2. The summed E-state index contributed by atoms with van der Waals surface area (Å²) in [6.07, 6.45) is 0.908. The van der Waals surface area contributed by atoms with Gasteiger partial charge < -0.3 is 40.0 Å². The first-order valence-corrected chi connectivity index (χ1v) is 13.2. The molecule has 220 valence electrons. The minimum atomic E-state index is -1.22. The topological polar surface area (TPSA) is 162 Å². The lowest BCUT2D eigenvalue weighted by atomic mass is 10.2. The van der Waals surface area contributed by atoms with Crippen LogP contribution < -0.4 is 16.0 Å². The number of benzene rings is 1. The lowest BCUT2D eigenvalue weighted by Gasteiger charge is -2.14. The quantitative estimate of drug-likeness (QED) is 0.137. The van der Waals surface area contributed by atoms with Gasteiger partial charge in [0.15, 0.2) is 6.10 Å². The third-order valence-corrected chi connectivity index (χ3v) is 5.39. The molecule has 0 bridgehead atoms. The highest BCUT2D eigenvalue weighted by Crippen LogP contribution is 2.07. The molecule has 4 N–H and O–H groups in total. The van der Waals surface area contributed by atoms with Crippen molar-refractivity contribution in [3.05, 3.63) is 35.9 Å². The number of aliphatic carboxylic acids is 1. The van der Waals surface area contributed by atoms with Crippen LogP contribution in [0.15, 0.2) is 30.3 Å². The van der Waals surface area contributed by atoms with Crippen molar-refractivity contribution in [3.8, 4) is 0 Å². The van der Waals surface area contributed by atoms with Gasteiger partial charge in [-0.1, -0.05) is 30.3 Å². The smallest absolute Gasteiger partial charge is 0.333 e. The number of ether oxygens (including phenoxy) is 4. The summed E-state index contributed by atoms with van der Waals surface area (Å²) in [4.78, 5) is 47.2. The number of carbonyl (C=O) groups excluding carboxylic acids is 3. The van der Waals surface area contributed by atoms with Crippen LogP contribution in [0.25, 0.3) is 0 Å². The molecule has 39 heavy (non-hydrogen) atoms. The maximum atomic E-state index is 12.1. The Morgan fingerprint density at radius 2 is 1.31 bits per heavy atom. The second-order valence-electron chi connectivity index (χ2n) is 8.66. The molecule has 0 saturated carbocycles. The summed E-state index contributed by atoms with van der Waals surface area (Å²) >= 11 is 0. The number of hydrogen-bond donors (Lipinski definition) is 4. The van der Waals surface area contributed by atoms with Gasteiger partial charge in [0.25, 0.3) is 0 Å². The summed E-state index contributed by atoms with van der Waals surface area (Å²) in [6, 6.07) is 9.15. The molecule has 12 heteroatoms. The Balaban J connectivity index is 1.98. The number of carbonyl (C=O) groups is 4. The van der Waals surface area contributed by atoms with Crippen LogP contribution in [-0.2, 0) is 44.7 Å². The number of rotatable bonds is 24. The van der Waals surface area contributed by atoms with E-state index in [-0.39, 0.29) is 43.6 Å². The number of nitrogens with one attached hydrogen (secondary N) is 3. The van der Waals surface area contributed by atoms with Crippen LogP contribution >= 0.6 is 0 Å². The van der Waals surface area contributed by atoms with Gasteiger partial charge in [0.05, 0.1) is 46.1 Å². The number of methoxy groups -OCH3 is 1. The van der Waals surface area contributed by atoms with E-state index in [0.717, 1.165) is 18.4 Å². The number of unbranched alkanes of at least 4 members (excludes halogenated alkanes) is 2. The molecule has 1 rings (SSSR count). The largest absolute Gasteiger partial charge is 0.479 e. The highest BCUT2D eigenvalue weighted by molar-refractivity contribution is 5.84. The first-order chi connectivity index (χ1) is 18.9. The molecule has 0 fully saturated rings. The van der Waals surface area contributed by atoms with Crippen molar-refractivity contribution in [1.82, 2.24) is 16.0 Å². The van der Waals surface area contributed by atoms with Crippen molar-refractivity contribution < 1.29 is 43.2 Å². The van der Waals surface area contributed by atoms with E-state index in [1.807, 2.05) is 30.3 Å². The third kappa shape index (κ3) is 19.6. The highest BCUT2D eigenvalue weighted by Gasteiger charge is 2.21. The molecule has 0 saturated heterocycles. The zero-order valence-corrected chi connectivity index (χ0v) is 22.8. The highest BCUT2D eigenvalue weighted by atomic mass is 16.5. The zero-order valence-electron chi connectivity index (χ0n) is 22.8. The Morgan fingerprint density at radius 1 is 0.744 bits per heavy atom. The van der Waals surface area contributed by atoms with Gasteiger partial charge in [0.2, 0.25) is 17.7 Å². The summed E-state index contributed by atoms with van der Waals surface area (Å²) in [5, 5.41) is 17.5. The summed E-state index contributed by atoms with van der Waals surface area (Å²) in [6.45, 7) is 3.68. The molecule has 0 aliphatic rings. The average Bonchev–Trinajstić information content (AvgIpc) is 2.93. The van der Waals surface area contributed by atoms with E-state index in [2.05, 4.69) is 16.0 Å². The molecule has 12 nitrogen and oxygen atoms in total. The fraction of sp³-hybridized carbons (Fsp3) is 0.630. The van der Waals surface area contributed by atoms with Crippen LogP contribution in [0.1, 0.15) is 44.1 Å². The fourth-order valence-corrected chi connectivity index (χ4v) is 3.24. The molecular weight excluding hydrogens is 510 g/mol. The second-order valence-corrected chi connectivity index (χ2v) is 8.66. The standard InChI is InChI=1S/C27H43N3O9/c1-36-16-17-38-19-18-37-15-14-30-25(32)11-10-24(31)28-12-6-3-7-13-29-26(33)20-23(27(34)35)39-21-22-8-4-2-5-9-22/h2,4-5,8-9,23H,3,6-7,10-21H2,1H3,(H,28,31)(H,29,33)(H,30,32)(H,34,35). The van der Waals surface area contributed by atoms with Crippen LogP contribution in [0.4, 0.5) is 0 Å². The molecule has 0 spiro atoms. The van der Waals surface area contributed by atoms with Gasteiger partial charge in [0.1, 0.15) is 0 Å². The first kappa shape index (κ1) is 34.0. The van der Waals surface area contributed by atoms with Crippen molar-refractivity contribution in [2.45, 2.75) is 51.2 Å². The lowest BCUT2D eigenvalue weighted by molar-refractivity contribution is -0.154. The molecular formula is C27H43N3O9. The Hall–Kier alpha value is -3.06. The van der Waals surface area contributed by atoms with Crippen molar-refractivity contribution >= 4 is 23.7 Å². The van der Waals surface area contributed by atoms with Crippen LogP contribution in [0, 0.1) is 0 Å². The van der Waals surface area contributed by atoms with Crippen molar-refractivity contribution in [2.24, 2.45) is 0 Å². The van der Waals surface area contributed by atoms with E-state index in [4.69, 9.17) is 18.9 Å². The Bertz CT molecular complexity index is 824. The van der Waals surface area contributed by atoms with Crippen LogP contribution in [0.5, 0.6) is 0 Å². The van der Waals surface area contributed by atoms with Gasteiger partial charge in [-0.25, -0.2) is 4.79 Å². The van der Waals surface area contributed by atoms with E-state index in [1.54, 1.807) is 7.11 Å². The lowest BCUT2D eigenvalue weighted by Crippen LogP contribution is -2.33. The molecule has 1 atom stereocenters.